The number of hydrogen-bond donors (Lipinski definition) is 2. The van der Waals surface area contributed by atoms with E-state index in [0.29, 0.717) is 10.0 Å². The first-order valence-corrected chi connectivity index (χ1v) is 8.66. The van der Waals surface area contributed by atoms with Crippen LogP contribution in [0.25, 0.3) is 0 Å². The van der Waals surface area contributed by atoms with Crippen LogP contribution in [-0.2, 0) is 17.1 Å². The summed E-state index contributed by atoms with van der Waals surface area (Å²) in [5, 5.41) is 0. The van der Waals surface area contributed by atoms with Gasteiger partial charge < -0.3 is 4.57 Å². The molecule has 0 aliphatic carbocycles. The van der Waals surface area contributed by atoms with Crippen LogP contribution in [0.5, 0.6) is 0 Å². The van der Waals surface area contributed by atoms with Crippen LogP contribution in [0.3, 0.4) is 0 Å². The summed E-state index contributed by atoms with van der Waals surface area (Å²) in [7, 11) is -2.14. The summed E-state index contributed by atoms with van der Waals surface area (Å²) < 4.78 is 26.4. The molecular weight excluding hydrogens is 390 g/mol. The molecule has 2 N–H and O–H groups in total. The predicted molar refractivity (Wildman–Crippen MR) is 80.2 cm³/mol. The minimum atomic E-state index is -3.82. The fourth-order valence-corrected chi connectivity index (χ4v) is 4.27. The van der Waals surface area contributed by atoms with Gasteiger partial charge in [-0.1, -0.05) is 11.6 Å². The topological polar surface area (TPSA) is 80.2 Å². The minimum Gasteiger partial charge on any atom is -0.345 e. The number of halogens is 2. The molecule has 1 amide bonds. The van der Waals surface area contributed by atoms with E-state index in [1.54, 1.807) is 23.9 Å². The Morgan fingerprint density at radius 1 is 1.45 bits per heavy atom. The van der Waals surface area contributed by atoms with E-state index in [9.17, 15) is 13.2 Å². The van der Waals surface area contributed by atoms with Crippen LogP contribution in [0.1, 0.15) is 10.5 Å². The Hall–Kier alpha value is -0.870. The van der Waals surface area contributed by atoms with Gasteiger partial charge in [0.25, 0.3) is 15.9 Å². The average molecular weight is 399 g/mol. The summed E-state index contributed by atoms with van der Waals surface area (Å²) in [6.45, 7) is 0. The molecule has 10 heteroatoms. The number of nitrogens with zero attached hydrogens (tertiary/aromatic N) is 1. The van der Waals surface area contributed by atoms with Gasteiger partial charge in [0.15, 0.2) is 0 Å². The van der Waals surface area contributed by atoms with E-state index in [0.717, 1.165) is 15.8 Å². The van der Waals surface area contributed by atoms with Gasteiger partial charge in [-0.3, -0.25) is 10.2 Å². The van der Waals surface area contributed by atoms with Gasteiger partial charge in [-0.05, 0) is 34.1 Å². The van der Waals surface area contributed by atoms with Gasteiger partial charge in [0.2, 0.25) is 0 Å². The second-order valence-corrected chi connectivity index (χ2v) is 8.31. The summed E-state index contributed by atoms with van der Waals surface area (Å²) in [6, 6.07) is 4.41. The number of hydrogen-bond acceptors (Lipinski definition) is 4. The fourth-order valence-electron chi connectivity index (χ4n) is 1.42. The van der Waals surface area contributed by atoms with Crippen LogP contribution in [0.4, 0.5) is 0 Å². The second kappa shape index (κ2) is 5.86. The predicted octanol–water partition coefficient (Wildman–Crippen LogP) is 2.13. The molecule has 0 atom stereocenters. The number of amides is 1. The lowest BCUT2D eigenvalue weighted by molar-refractivity contribution is 0.0937. The van der Waals surface area contributed by atoms with Crippen molar-refractivity contribution in [2.75, 3.05) is 0 Å². The first-order valence-electron chi connectivity index (χ1n) is 5.19. The third-order valence-corrected chi connectivity index (χ3v) is 5.72. The highest BCUT2D eigenvalue weighted by molar-refractivity contribution is 9.10. The average Bonchev–Trinajstić information content (AvgIpc) is 2.93. The third kappa shape index (κ3) is 3.41. The molecule has 0 fully saturated rings. The first-order chi connectivity index (χ1) is 9.29. The molecule has 2 aromatic heterocycles. The Bertz CT molecular complexity index is 754. The molecule has 0 aliphatic heterocycles. The molecule has 0 bridgehead atoms. The number of sulfonamides is 1. The SMILES string of the molecule is Cn1cc(Br)cc1C(=O)NNS(=O)(=O)c1ccc(Cl)s1. The summed E-state index contributed by atoms with van der Waals surface area (Å²) in [4.78, 5) is 13.9. The number of carbonyl (C=O) groups excluding carboxylic acids is 1. The van der Waals surface area contributed by atoms with Crippen LogP contribution in [-0.4, -0.2) is 18.9 Å². The van der Waals surface area contributed by atoms with Gasteiger partial charge in [0.1, 0.15) is 9.90 Å². The zero-order valence-corrected chi connectivity index (χ0v) is 14.0. The van der Waals surface area contributed by atoms with Crippen molar-refractivity contribution < 1.29 is 13.2 Å². The van der Waals surface area contributed by atoms with Gasteiger partial charge in [-0.25, -0.2) is 8.42 Å². The van der Waals surface area contributed by atoms with Crippen molar-refractivity contribution in [2.24, 2.45) is 7.05 Å². The molecule has 0 saturated heterocycles. The van der Waals surface area contributed by atoms with Crippen LogP contribution in [0, 0.1) is 0 Å². The van der Waals surface area contributed by atoms with Gasteiger partial charge in [-0.15, -0.1) is 16.2 Å². The van der Waals surface area contributed by atoms with E-state index in [4.69, 9.17) is 11.6 Å². The lowest BCUT2D eigenvalue weighted by Crippen LogP contribution is -2.41. The molecule has 20 heavy (non-hydrogen) atoms. The number of thiophene rings is 1. The molecule has 2 aromatic rings. The zero-order chi connectivity index (χ0) is 14.9. The van der Waals surface area contributed by atoms with E-state index >= 15 is 0 Å². The summed E-state index contributed by atoms with van der Waals surface area (Å²) in [6.07, 6.45) is 1.68. The summed E-state index contributed by atoms with van der Waals surface area (Å²) in [5.41, 5.74) is 2.46. The van der Waals surface area contributed by atoms with Crippen LogP contribution >= 0.6 is 38.9 Å². The van der Waals surface area contributed by atoms with Crippen molar-refractivity contribution in [1.82, 2.24) is 14.8 Å². The molecule has 2 rings (SSSR count). The molecule has 0 unspecified atom stereocenters. The van der Waals surface area contributed by atoms with Crippen LogP contribution < -0.4 is 10.3 Å². The van der Waals surface area contributed by atoms with E-state index < -0.39 is 15.9 Å². The standard InChI is InChI=1S/C10H9BrClN3O3S2/c1-15-5-6(11)4-7(15)10(16)13-14-20(17,18)9-3-2-8(12)19-9/h2-5,14H,1H3,(H,13,16). The molecular formula is C10H9BrClN3O3S2. The van der Waals surface area contributed by atoms with E-state index in [-0.39, 0.29) is 4.21 Å². The Morgan fingerprint density at radius 2 is 2.15 bits per heavy atom. The fraction of sp³-hybridized carbons (Fsp3) is 0.100. The zero-order valence-electron chi connectivity index (χ0n) is 10.1. The lowest BCUT2D eigenvalue weighted by Gasteiger charge is -2.07. The number of nitrogens with one attached hydrogen (secondary N) is 2. The number of rotatable bonds is 4. The summed E-state index contributed by atoms with van der Waals surface area (Å²) >= 11 is 9.81. The number of aryl methyl sites for hydroxylation is 1. The Balaban J connectivity index is 2.09. The summed E-state index contributed by atoms with van der Waals surface area (Å²) in [5.74, 6) is -0.565. The maximum atomic E-state index is 11.9. The van der Waals surface area contributed by atoms with Crippen molar-refractivity contribution in [1.29, 1.82) is 0 Å². The molecule has 0 radical (unpaired) electrons. The third-order valence-electron chi connectivity index (χ3n) is 2.32. The monoisotopic (exact) mass is 397 g/mol. The van der Waals surface area contributed by atoms with Crippen molar-refractivity contribution in [2.45, 2.75) is 4.21 Å². The first kappa shape index (κ1) is 15.5. The van der Waals surface area contributed by atoms with Gasteiger partial charge in [0.05, 0.1) is 4.34 Å². The lowest BCUT2D eigenvalue weighted by atomic mass is 10.4. The van der Waals surface area contributed by atoms with E-state index in [1.807, 2.05) is 4.83 Å². The molecule has 108 valence electrons. The highest BCUT2D eigenvalue weighted by atomic mass is 79.9. The highest BCUT2D eigenvalue weighted by Crippen LogP contribution is 2.25. The molecule has 0 spiro atoms. The van der Waals surface area contributed by atoms with E-state index in [2.05, 4.69) is 21.4 Å². The molecule has 0 aromatic carbocycles. The van der Waals surface area contributed by atoms with Crippen molar-refractivity contribution >= 4 is 54.8 Å². The second-order valence-electron chi connectivity index (χ2n) is 3.77. The normalized spacial score (nSPS) is 11.6. The maximum absolute atomic E-state index is 11.9. The number of carbonyl (C=O) groups is 1. The Labute approximate surface area is 132 Å². The van der Waals surface area contributed by atoms with Gasteiger partial charge >= 0.3 is 0 Å². The minimum absolute atomic E-state index is 0.0239. The smallest absolute Gasteiger partial charge is 0.282 e. The molecule has 0 aliphatic rings. The van der Waals surface area contributed by atoms with Crippen molar-refractivity contribution in [3.8, 4) is 0 Å². The largest absolute Gasteiger partial charge is 0.345 e. The quantitative estimate of drug-likeness (QED) is 0.774. The number of hydrazine groups is 1. The maximum Gasteiger partial charge on any atom is 0.282 e. The molecule has 6 nitrogen and oxygen atoms in total. The van der Waals surface area contributed by atoms with Gasteiger partial charge in [0, 0.05) is 17.7 Å². The molecule has 0 saturated carbocycles. The van der Waals surface area contributed by atoms with Crippen LogP contribution in [0.2, 0.25) is 4.34 Å². The van der Waals surface area contributed by atoms with Crippen LogP contribution in [0.15, 0.2) is 33.1 Å². The van der Waals surface area contributed by atoms with E-state index in [1.165, 1.54) is 12.1 Å². The van der Waals surface area contributed by atoms with Crippen molar-refractivity contribution in [3.63, 3.8) is 0 Å². The van der Waals surface area contributed by atoms with Gasteiger partial charge in [-0.2, -0.15) is 0 Å². The Morgan fingerprint density at radius 3 is 2.65 bits per heavy atom. The highest BCUT2D eigenvalue weighted by Gasteiger charge is 2.19. The molecule has 2 heterocycles. The number of aromatic nitrogens is 1. The van der Waals surface area contributed by atoms with Crippen molar-refractivity contribution in [3.05, 3.63) is 38.9 Å². The Kier molecular flexibility index (Phi) is 4.55.